The zero-order chi connectivity index (χ0) is 29.7. The van der Waals surface area contributed by atoms with E-state index in [1.807, 2.05) is 0 Å². The molecule has 40 heavy (non-hydrogen) atoms. The Morgan fingerprint density at radius 1 is 0.350 bits per heavy atom. The molecule has 0 amide bonds. The number of hydrogen-bond acceptors (Lipinski definition) is 0. The van der Waals surface area contributed by atoms with E-state index in [1.54, 1.807) is 89.4 Å². The maximum absolute atomic E-state index is 2.75. The Morgan fingerprint density at radius 3 is 0.725 bits per heavy atom. The molecule has 0 saturated heterocycles. The van der Waals surface area contributed by atoms with Crippen LogP contribution in [0.25, 0.3) is 0 Å². The molecule has 0 spiro atoms. The minimum absolute atomic E-state index is 0.192. The summed E-state index contributed by atoms with van der Waals surface area (Å²) in [5.74, 6) is 0. The van der Waals surface area contributed by atoms with E-state index >= 15 is 0 Å². The highest BCUT2D eigenvalue weighted by atomic mass is 31.1. The third-order valence-corrected chi connectivity index (χ3v) is 33.2. The Bertz CT molecular complexity index is 688. The first kappa shape index (κ1) is 34.6. The van der Waals surface area contributed by atoms with Crippen molar-refractivity contribution in [2.24, 2.45) is 0 Å². The van der Waals surface area contributed by atoms with Crippen LogP contribution in [0.4, 0.5) is 0 Å². The predicted octanol–water partition coefficient (Wildman–Crippen LogP) is 13.0. The Morgan fingerprint density at radius 2 is 0.550 bits per heavy atom. The second-order valence-corrected chi connectivity index (χ2v) is 46.9. The molecule has 4 fully saturated rings. The van der Waals surface area contributed by atoms with E-state index in [9.17, 15) is 0 Å². The van der Waals surface area contributed by atoms with Gasteiger partial charge in [-0.2, -0.15) is 0 Å². The summed E-state index contributed by atoms with van der Waals surface area (Å²) in [6.07, 6.45) is 22.6. The van der Waals surface area contributed by atoms with Gasteiger partial charge in [-0.05, 0) is 82.8 Å². The molecule has 4 aliphatic carbocycles. The maximum atomic E-state index is 2.75. The van der Waals surface area contributed by atoms with E-state index < -0.39 is 32.3 Å². The molecule has 0 radical (unpaired) electrons. The van der Waals surface area contributed by atoms with Gasteiger partial charge >= 0.3 is 0 Å². The fraction of sp³-hybridized carbons (Fsp3) is 1.00. The second kappa shape index (κ2) is 13.2. The summed E-state index contributed by atoms with van der Waals surface area (Å²) >= 11 is 0. The SMILES string of the molecule is C[Si](C)(C)C1CCC[C@H]1P(CCP([C@H]1CCCC1[Si](C)(C)C)[C@H]1CCCC1[Si](C)(C)C)[C@H]1CCCC1[Si](C)(C)C. The Balaban J connectivity index is 1.67. The van der Waals surface area contributed by atoms with Gasteiger partial charge in [-0.15, -0.1) is 15.8 Å². The first-order valence-corrected chi connectivity index (χ1v) is 35.6. The van der Waals surface area contributed by atoms with Crippen molar-refractivity contribution in [1.82, 2.24) is 0 Å². The van der Waals surface area contributed by atoms with E-state index in [0.29, 0.717) is 0 Å². The normalized spacial score (nSPS) is 37.8. The van der Waals surface area contributed by atoms with Gasteiger partial charge in [0, 0.05) is 32.3 Å². The van der Waals surface area contributed by atoms with E-state index in [4.69, 9.17) is 0 Å². The molecule has 9 atom stereocenters. The molecule has 4 aliphatic rings. The smallest absolute Gasteiger partial charge is 0.0480 e. The zero-order valence-electron chi connectivity index (χ0n) is 29.4. The summed E-state index contributed by atoms with van der Waals surface area (Å²) in [6, 6.07) is 0. The molecular formula is C34H72P2Si4. The molecule has 0 aromatic heterocycles. The van der Waals surface area contributed by atoms with Crippen molar-refractivity contribution in [2.75, 3.05) is 12.3 Å². The van der Waals surface area contributed by atoms with Crippen LogP contribution in [0, 0.1) is 0 Å². The maximum Gasteiger partial charge on any atom is 0.0480 e. The lowest BCUT2D eigenvalue weighted by Crippen LogP contribution is -2.39. The molecule has 5 unspecified atom stereocenters. The summed E-state index contributed by atoms with van der Waals surface area (Å²) in [6.45, 7) is 32.9. The molecule has 0 bridgehead atoms. The van der Waals surface area contributed by atoms with E-state index in [-0.39, 0.29) is 15.8 Å². The molecule has 4 rings (SSSR count). The highest BCUT2D eigenvalue weighted by Gasteiger charge is 2.51. The molecule has 0 heterocycles. The number of hydrogen-bond donors (Lipinski definition) is 0. The van der Waals surface area contributed by atoms with Crippen LogP contribution in [0.15, 0.2) is 0 Å². The van der Waals surface area contributed by atoms with Gasteiger partial charge in [0.25, 0.3) is 0 Å². The van der Waals surface area contributed by atoms with E-state index in [2.05, 4.69) is 78.6 Å². The van der Waals surface area contributed by atoms with Crippen LogP contribution in [-0.4, -0.2) is 67.3 Å². The summed E-state index contributed by atoms with van der Waals surface area (Å²) in [5.41, 5.74) is 9.12. The standard InChI is InChI=1S/C34H72P2Si4/c1-37(2,3)31-21-13-17-27(31)35(28-18-14-22-32(28)38(4,5)6)25-26-36(29-19-15-23-33(29)39(7,8)9)30-20-16-24-34(30)40(10,11)12/h27-34H,13-26H2,1-12H3/t27-,28-,29-,30+,31?,32?,33?,34?,35?,36?/m0/s1. The van der Waals surface area contributed by atoms with Gasteiger partial charge in [0.2, 0.25) is 0 Å². The summed E-state index contributed by atoms with van der Waals surface area (Å²) in [4.78, 5) is 0. The highest BCUT2D eigenvalue weighted by molar-refractivity contribution is 7.63. The minimum atomic E-state index is -1.10. The van der Waals surface area contributed by atoms with Gasteiger partial charge in [-0.1, -0.05) is 130 Å². The lowest BCUT2D eigenvalue weighted by atomic mass is 10.3. The van der Waals surface area contributed by atoms with Gasteiger partial charge < -0.3 is 0 Å². The molecular weight excluding hydrogens is 583 g/mol. The summed E-state index contributed by atoms with van der Waals surface area (Å²) in [5, 5.41) is 0. The molecule has 6 heteroatoms. The molecule has 0 N–H and O–H groups in total. The van der Waals surface area contributed by atoms with Crippen molar-refractivity contribution in [3.8, 4) is 0 Å². The molecule has 4 saturated carbocycles. The van der Waals surface area contributed by atoms with Crippen molar-refractivity contribution < 1.29 is 0 Å². The highest BCUT2D eigenvalue weighted by Crippen LogP contribution is 2.70. The lowest BCUT2D eigenvalue weighted by Gasteiger charge is -2.46. The van der Waals surface area contributed by atoms with Crippen molar-refractivity contribution in [3.63, 3.8) is 0 Å². The van der Waals surface area contributed by atoms with Crippen molar-refractivity contribution in [1.29, 1.82) is 0 Å². The second-order valence-electron chi connectivity index (χ2n) is 19.4. The molecule has 0 aromatic rings. The van der Waals surface area contributed by atoms with Crippen LogP contribution >= 0.6 is 15.8 Å². The summed E-state index contributed by atoms with van der Waals surface area (Å²) < 4.78 is 0. The monoisotopic (exact) mass is 654 g/mol. The van der Waals surface area contributed by atoms with Crippen molar-refractivity contribution in [2.45, 2.75) is 200 Å². The molecule has 0 aliphatic heterocycles. The van der Waals surface area contributed by atoms with Crippen molar-refractivity contribution >= 4 is 48.1 Å². The Labute approximate surface area is 259 Å². The summed E-state index contributed by atoms with van der Waals surface area (Å²) in [7, 11) is -4.03. The Kier molecular flexibility index (Phi) is 11.4. The van der Waals surface area contributed by atoms with Gasteiger partial charge in [-0.25, -0.2) is 0 Å². The van der Waals surface area contributed by atoms with Gasteiger partial charge in [0.05, 0.1) is 0 Å². The van der Waals surface area contributed by atoms with Crippen LogP contribution in [0.1, 0.15) is 77.0 Å². The molecule has 234 valence electrons. The van der Waals surface area contributed by atoms with Gasteiger partial charge in [0.1, 0.15) is 0 Å². The van der Waals surface area contributed by atoms with Crippen LogP contribution < -0.4 is 0 Å². The number of rotatable bonds is 11. The van der Waals surface area contributed by atoms with Crippen LogP contribution in [0.5, 0.6) is 0 Å². The van der Waals surface area contributed by atoms with Crippen molar-refractivity contribution in [3.05, 3.63) is 0 Å². The zero-order valence-corrected chi connectivity index (χ0v) is 35.2. The van der Waals surface area contributed by atoms with Crippen LogP contribution in [-0.2, 0) is 0 Å². The van der Waals surface area contributed by atoms with E-state index in [1.165, 1.54) is 0 Å². The van der Waals surface area contributed by atoms with Crippen LogP contribution in [0.3, 0.4) is 0 Å². The third kappa shape index (κ3) is 7.92. The van der Waals surface area contributed by atoms with Crippen LogP contribution in [0.2, 0.25) is 101 Å². The van der Waals surface area contributed by atoms with Gasteiger partial charge in [-0.3, -0.25) is 0 Å². The third-order valence-electron chi connectivity index (χ3n) is 12.7. The minimum Gasteiger partial charge on any atom is -0.100 e. The quantitative estimate of drug-likeness (QED) is 0.154. The Hall–Kier alpha value is 1.73. The molecule has 0 aromatic carbocycles. The lowest BCUT2D eigenvalue weighted by molar-refractivity contribution is 0.786. The largest absolute Gasteiger partial charge is 0.100 e. The first-order valence-electron chi connectivity index (χ1n) is 17.9. The fourth-order valence-corrected chi connectivity index (χ4v) is 36.7. The fourth-order valence-electron chi connectivity index (χ4n) is 10.8. The average molecular weight is 655 g/mol. The molecule has 0 nitrogen and oxygen atoms in total. The first-order chi connectivity index (χ1) is 18.4. The predicted molar refractivity (Wildman–Crippen MR) is 203 cm³/mol. The van der Waals surface area contributed by atoms with Gasteiger partial charge in [0.15, 0.2) is 0 Å². The topological polar surface area (TPSA) is 0 Å². The average Bonchev–Trinajstić information content (AvgIpc) is 3.60. The van der Waals surface area contributed by atoms with E-state index in [0.717, 1.165) is 44.8 Å².